The monoisotopic (exact) mass is 491 g/mol. The van der Waals surface area contributed by atoms with Crippen molar-refractivity contribution in [3.8, 4) is 0 Å². The normalized spacial score (nSPS) is 12.2. The molecule has 0 saturated heterocycles. The molecule has 4 nitrogen and oxygen atoms in total. The van der Waals surface area contributed by atoms with Gasteiger partial charge in [0, 0.05) is 28.8 Å². The van der Waals surface area contributed by atoms with Gasteiger partial charge in [-0.2, -0.15) is 0 Å². The van der Waals surface area contributed by atoms with Gasteiger partial charge in [0.2, 0.25) is 0 Å². The first-order valence-electron chi connectivity index (χ1n) is 7.89. The fraction of sp³-hybridized carbons (Fsp3) is 0.278. The summed E-state index contributed by atoms with van der Waals surface area (Å²) in [5.74, 6) is 1.23. The van der Waals surface area contributed by atoms with Gasteiger partial charge in [-0.05, 0) is 30.7 Å². The molecule has 2 aromatic carbocycles. The molecular formula is C18H23ClIN3OS. The van der Waals surface area contributed by atoms with Gasteiger partial charge < -0.3 is 10.6 Å². The maximum absolute atomic E-state index is 12.2. The van der Waals surface area contributed by atoms with Crippen LogP contribution in [0.5, 0.6) is 0 Å². The molecule has 136 valence electrons. The molecule has 0 fully saturated rings. The second kappa shape index (κ2) is 12.3. The molecular weight excluding hydrogens is 469 g/mol. The SMILES string of the molecule is CCNC(=NCc1ccccc1Cl)NCCS(=O)c1ccccc1.I. The van der Waals surface area contributed by atoms with Crippen LogP contribution in [0, 0.1) is 0 Å². The molecule has 0 heterocycles. The molecule has 0 aliphatic rings. The largest absolute Gasteiger partial charge is 0.357 e. The van der Waals surface area contributed by atoms with Gasteiger partial charge >= 0.3 is 0 Å². The van der Waals surface area contributed by atoms with Gasteiger partial charge in [0.1, 0.15) is 0 Å². The van der Waals surface area contributed by atoms with Crippen LogP contribution < -0.4 is 10.6 Å². The van der Waals surface area contributed by atoms with Gasteiger partial charge in [-0.25, -0.2) is 4.99 Å². The van der Waals surface area contributed by atoms with E-state index in [1.165, 1.54) is 0 Å². The fourth-order valence-corrected chi connectivity index (χ4v) is 3.26. The van der Waals surface area contributed by atoms with E-state index in [0.717, 1.165) is 17.0 Å². The van der Waals surface area contributed by atoms with E-state index in [1.807, 2.05) is 61.5 Å². The van der Waals surface area contributed by atoms with E-state index >= 15 is 0 Å². The number of rotatable bonds is 7. The highest BCUT2D eigenvalue weighted by Gasteiger charge is 2.04. The zero-order valence-corrected chi connectivity index (χ0v) is 18.0. The Kier molecular flexibility index (Phi) is 10.8. The lowest BCUT2D eigenvalue weighted by Gasteiger charge is -2.11. The van der Waals surface area contributed by atoms with E-state index in [-0.39, 0.29) is 24.0 Å². The van der Waals surface area contributed by atoms with Crippen molar-refractivity contribution in [3.63, 3.8) is 0 Å². The molecule has 2 rings (SSSR count). The Morgan fingerprint density at radius 3 is 2.44 bits per heavy atom. The molecule has 0 spiro atoms. The van der Waals surface area contributed by atoms with Gasteiger partial charge in [0.05, 0.1) is 17.3 Å². The van der Waals surface area contributed by atoms with Crippen LogP contribution in [0.15, 0.2) is 64.5 Å². The van der Waals surface area contributed by atoms with E-state index in [0.29, 0.717) is 29.8 Å². The summed E-state index contributed by atoms with van der Waals surface area (Å²) in [6.45, 7) is 3.84. The number of hydrogen-bond acceptors (Lipinski definition) is 2. The molecule has 25 heavy (non-hydrogen) atoms. The van der Waals surface area contributed by atoms with Gasteiger partial charge in [-0.1, -0.05) is 48.0 Å². The van der Waals surface area contributed by atoms with Crippen LogP contribution in [0.1, 0.15) is 12.5 Å². The summed E-state index contributed by atoms with van der Waals surface area (Å²) in [5.41, 5.74) is 0.976. The van der Waals surface area contributed by atoms with Crippen molar-refractivity contribution in [2.75, 3.05) is 18.8 Å². The molecule has 2 aromatic rings. The second-order valence-electron chi connectivity index (χ2n) is 5.08. The quantitative estimate of drug-likeness (QED) is 0.352. The van der Waals surface area contributed by atoms with E-state index in [9.17, 15) is 4.21 Å². The van der Waals surface area contributed by atoms with Gasteiger partial charge in [-0.3, -0.25) is 4.21 Å². The van der Waals surface area contributed by atoms with E-state index in [2.05, 4.69) is 15.6 Å². The minimum Gasteiger partial charge on any atom is -0.357 e. The van der Waals surface area contributed by atoms with E-state index < -0.39 is 10.8 Å². The maximum Gasteiger partial charge on any atom is 0.191 e. The molecule has 0 bridgehead atoms. The van der Waals surface area contributed by atoms with Crippen LogP contribution in [0.25, 0.3) is 0 Å². The lowest BCUT2D eigenvalue weighted by atomic mass is 10.2. The third-order valence-corrected chi connectivity index (χ3v) is 5.04. The smallest absolute Gasteiger partial charge is 0.191 e. The number of aliphatic imine (C=N–C) groups is 1. The summed E-state index contributed by atoms with van der Waals surface area (Å²) < 4.78 is 12.2. The van der Waals surface area contributed by atoms with Crippen molar-refractivity contribution in [3.05, 3.63) is 65.2 Å². The number of halogens is 2. The second-order valence-corrected chi connectivity index (χ2v) is 7.05. The molecule has 0 aliphatic heterocycles. The first-order chi connectivity index (χ1) is 11.7. The molecule has 0 saturated carbocycles. The summed E-state index contributed by atoms with van der Waals surface area (Å²) >= 11 is 6.15. The first kappa shape index (κ1) is 21.9. The molecule has 1 unspecified atom stereocenters. The van der Waals surface area contributed by atoms with Crippen molar-refractivity contribution >= 4 is 52.3 Å². The molecule has 0 amide bonds. The van der Waals surface area contributed by atoms with Crippen LogP contribution in [-0.4, -0.2) is 29.0 Å². The summed E-state index contributed by atoms with van der Waals surface area (Å²) in [6.07, 6.45) is 0. The zero-order valence-electron chi connectivity index (χ0n) is 14.1. The van der Waals surface area contributed by atoms with Crippen molar-refractivity contribution in [1.29, 1.82) is 0 Å². The Morgan fingerprint density at radius 2 is 1.76 bits per heavy atom. The standard InChI is InChI=1S/C18H22ClN3OS.HI/c1-2-20-18(22-14-15-8-6-7-11-17(15)19)21-12-13-24(23)16-9-4-3-5-10-16;/h3-11H,2,12-14H2,1H3,(H2,20,21,22);1H. The van der Waals surface area contributed by atoms with Crippen LogP contribution >= 0.6 is 35.6 Å². The third-order valence-electron chi connectivity index (χ3n) is 3.30. The Hall–Kier alpha value is -1.12. The molecule has 0 radical (unpaired) electrons. The van der Waals surface area contributed by atoms with Crippen molar-refractivity contribution in [2.24, 2.45) is 4.99 Å². The molecule has 7 heteroatoms. The molecule has 1 atom stereocenters. The van der Waals surface area contributed by atoms with Crippen LogP contribution in [0.3, 0.4) is 0 Å². The predicted molar refractivity (Wildman–Crippen MR) is 117 cm³/mol. The van der Waals surface area contributed by atoms with Gasteiger partial charge in [0.25, 0.3) is 0 Å². The van der Waals surface area contributed by atoms with Crippen LogP contribution in [0.4, 0.5) is 0 Å². The average molecular weight is 492 g/mol. The molecule has 0 aromatic heterocycles. The van der Waals surface area contributed by atoms with E-state index in [4.69, 9.17) is 11.6 Å². The Morgan fingerprint density at radius 1 is 1.08 bits per heavy atom. The zero-order chi connectivity index (χ0) is 17.2. The summed E-state index contributed by atoms with van der Waals surface area (Å²) in [4.78, 5) is 5.37. The topological polar surface area (TPSA) is 53.5 Å². The highest BCUT2D eigenvalue weighted by atomic mass is 127. The van der Waals surface area contributed by atoms with Gasteiger partial charge in [0.15, 0.2) is 5.96 Å². The Labute approximate surface area is 173 Å². The Bertz CT molecular complexity index is 698. The summed E-state index contributed by atoms with van der Waals surface area (Å²) in [7, 11) is -1.01. The predicted octanol–water partition coefficient (Wildman–Crippen LogP) is 3.82. The van der Waals surface area contributed by atoms with Crippen molar-refractivity contribution in [1.82, 2.24) is 10.6 Å². The number of hydrogen-bond donors (Lipinski definition) is 2. The number of nitrogens with one attached hydrogen (secondary N) is 2. The van der Waals surface area contributed by atoms with Crippen molar-refractivity contribution < 1.29 is 4.21 Å². The highest BCUT2D eigenvalue weighted by Crippen LogP contribution is 2.15. The molecule has 2 N–H and O–H groups in total. The van der Waals surface area contributed by atoms with E-state index in [1.54, 1.807) is 0 Å². The molecule has 0 aliphatic carbocycles. The lowest BCUT2D eigenvalue weighted by molar-refractivity contribution is 0.681. The Balaban J connectivity index is 0.00000312. The third kappa shape index (κ3) is 7.75. The minimum absolute atomic E-state index is 0. The van der Waals surface area contributed by atoms with Gasteiger partial charge in [-0.15, -0.1) is 24.0 Å². The number of nitrogens with zero attached hydrogens (tertiary/aromatic N) is 1. The number of guanidine groups is 1. The average Bonchev–Trinajstić information content (AvgIpc) is 2.61. The first-order valence-corrected chi connectivity index (χ1v) is 9.59. The number of benzene rings is 2. The lowest BCUT2D eigenvalue weighted by Crippen LogP contribution is -2.39. The fourth-order valence-electron chi connectivity index (χ4n) is 2.08. The minimum atomic E-state index is -1.01. The van der Waals surface area contributed by atoms with Crippen molar-refractivity contribution in [2.45, 2.75) is 18.4 Å². The van der Waals surface area contributed by atoms with Crippen LogP contribution in [0.2, 0.25) is 5.02 Å². The summed E-state index contributed by atoms with van der Waals surface area (Å²) in [5, 5.41) is 7.11. The van der Waals surface area contributed by atoms with Crippen LogP contribution in [-0.2, 0) is 17.3 Å². The highest BCUT2D eigenvalue weighted by molar-refractivity contribution is 14.0. The summed E-state index contributed by atoms with van der Waals surface area (Å²) in [6, 6.07) is 17.1. The maximum atomic E-state index is 12.2.